The van der Waals surface area contributed by atoms with E-state index in [1.54, 1.807) is 19.1 Å². The van der Waals surface area contributed by atoms with E-state index >= 15 is 0 Å². The molecule has 17 heavy (non-hydrogen) atoms. The Bertz CT molecular complexity index is 414. The number of nitrogens with zero attached hydrogens (tertiary/aromatic N) is 1. The van der Waals surface area contributed by atoms with Crippen LogP contribution in [0.2, 0.25) is 0 Å². The topological polar surface area (TPSA) is 64.4 Å². The quantitative estimate of drug-likeness (QED) is 0.641. The third kappa shape index (κ3) is 2.94. The lowest BCUT2D eigenvalue weighted by molar-refractivity contribution is -0.385. The fourth-order valence-corrected chi connectivity index (χ4v) is 1.97. The van der Waals surface area contributed by atoms with Crippen molar-refractivity contribution in [2.75, 3.05) is 13.2 Å². The molecule has 0 aromatic heterocycles. The van der Waals surface area contributed by atoms with E-state index in [2.05, 4.69) is 5.32 Å². The number of hydrogen-bond donors (Lipinski definition) is 1. The highest BCUT2D eigenvalue weighted by Gasteiger charge is 2.16. The maximum Gasteiger partial charge on any atom is 0.276 e. The van der Waals surface area contributed by atoms with Gasteiger partial charge in [0.25, 0.3) is 5.69 Å². The van der Waals surface area contributed by atoms with E-state index in [0.717, 1.165) is 13.0 Å². The summed E-state index contributed by atoms with van der Waals surface area (Å²) >= 11 is 0. The van der Waals surface area contributed by atoms with Crippen LogP contribution in [0.15, 0.2) is 18.2 Å². The summed E-state index contributed by atoms with van der Waals surface area (Å²) in [6.45, 7) is 3.32. The van der Waals surface area contributed by atoms with Gasteiger partial charge in [-0.15, -0.1) is 0 Å². The third-order valence-corrected chi connectivity index (χ3v) is 2.99. The van der Waals surface area contributed by atoms with Crippen molar-refractivity contribution in [3.05, 3.63) is 33.9 Å². The Morgan fingerprint density at radius 2 is 2.41 bits per heavy atom. The number of aryl methyl sites for hydroxylation is 1. The molecule has 0 amide bonds. The Hall–Kier alpha value is -1.62. The van der Waals surface area contributed by atoms with Gasteiger partial charge in [-0.1, -0.05) is 0 Å². The number of nitrogens with one attached hydrogen (secondary N) is 1. The standard InChI is InChI=1S/C12H16N2O3/c1-9-4-5-11(7-12(9)14(15)16)17-8-10-3-2-6-13-10/h4-5,7,10,13H,2-3,6,8H2,1H3. The van der Waals surface area contributed by atoms with E-state index in [4.69, 9.17) is 4.74 Å². The van der Waals surface area contributed by atoms with Gasteiger partial charge in [0.15, 0.2) is 0 Å². The summed E-state index contributed by atoms with van der Waals surface area (Å²) in [6, 6.07) is 5.35. The summed E-state index contributed by atoms with van der Waals surface area (Å²) in [6.07, 6.45) is 2.27. The molecule has 1 aromatic carbocycles. The molecule has 1 fully saturated rings. The van der Waals surface area contributed by atoms with Crippen molar-refractivity contribution in [1.82, 2.24) is 5.32 Å². The fraction of sp³-hybridized carbons (Fsp3) is 0.500. The summed E-state index contributed by atoms with van der Waals surface area (Å²) in [5.41, 5.74) is 0.767. The van der Waals surface area contributed by atoms with Gasteiger partial charge in [0.1, 0.15) is 12.4 Å². The van der Waals surface area contributed by atoms with E-state index in [9.17, 15) is 10.1 Å². The molecule has 1 atom stereocenters. The molecule has 0 saturated carbocycles. The number of nitro benzene ring substituents is 1. The molecule has 0 spiro atoms. The molecule has 5 nitrogen and oxygen atoms in total. The number of benzene rings is 1. The maximum absolute atomic E-state index is 10.8. The zero-order valence-electron chi connectivity index (χ0n) is 9.81. The van der Waals surface area contributed by atoms with Crippen LogP contribution in [0.25, 0.3) is 0 Å². The van der Waals surface area contributed by atoms with Gasteiger partial charge in [-0.05, 0) is 38.4 Å². The Kier molecular flexibility index (Phi) is 3.58. The van der Waals surface area contributed by atoms with E-state index in [0.29, 0.717) is 24.0 Å². The molecule has 5 heteroatoms. The SMILES string of the molecule is Cc1ccc(OCC2CCCN2)cc1[N+](=O)[O-]. The molecular weight excluding hydrogens is 220 g/mol. The van der Waals surface area contributed by atoms with Crippen LogP contribution in [-0.2, 0) is 0 Å². The van der Waals surface area contributed by atoms with E-state index in [1.165, 1.54) is 12.5 Å². The summed E-state index contributed by atoms with van der Waals surface area (Å²) in [4.78, 5) is 10.4. The van der Waals surface area contributed by atoms with Crippen LogP contribution in [0, 0.1) is 17.0 Å². The highest BCUT2D eigenvalue weighted by molar-refractivity contribution is 5.45. The second kappa shape index (κ2) is 5.14. The normalized spacial score (nSPS) is 19.2. The first kappa shape index (κ1) is 11.9. The summed E-state index contributed by atoms with van der Waals surface area (Å²) in [5.74, 6) is 0.566. The van der Waals surface area contributed by atoms with Crippen LogP contribution < -0.4 is 10.1 Å². The predicted molar refractivity (Wildman–Crippen MR) is 64.4 cm³/mol. The van der Waals surface area contributed by atoms with E-state index in [1.807, 2.05) is 0 Å². The van der Waals surface area contributed by atoms with Gasteiger partial charge in [0.05, 0.1) is 11.0 Å². The summed E-state index contributed by atoms with van der Waals surface area (Å²) in [5, 5.41) is 14.1. The van der Waals surface area contributed by atoms with Gasteiger partial charge < -0.3 is 10.1 Å². The molecule has 0 bridgehead atoms. The highest BCUT2D eigenvalue weighted by atomic mass is 16.6. The van der Waals surface area contributed by atoms with E-state index < -0.39 is 0 Å². The molecule has 1 aliphatic heterocycles. The Balaban J connectivity index is 2.00. The second-order valence-corrected chi connectivity index (χ2v) is 4.31. The van der Waals surface area contributed by atoms with Crippen LogP contribution in [0.5, 0.6) is 5.75 Å². The molecule has 0 aliphatic carbocycles. The minimum Gasteiger partial charge on any atom is -0.492 e. The molecule has 92 valence electrons. The van der Waals surface area contributed by atoms with Crippen LogP contribution in [0.1, 0.15) is 18.4 Å². The first-order chi connectivity index (χ1) is 8.16. The highest BCUT2D eigenvalue weighted by Crippen LogP contribution is 2.24. The van der Waals surface area contributed by atoms with Crippen molar-refractivity contribution < 1.29 is 9.66 Å². The monoisotopic (exact) mass is 236 g/mol. The maximum atomic E-state index is 10.8. The fourth-order valence-electron chi connectivity index (χ4n) is 1.97. The van der Waals surface area contributed by atoms with Crippen molar-refractivity contribution >= 4 is 5.69 Å². The zero-order chi connectivity index (χ0) is 12.3. The lowest BCUT2D eigenvalue weighted by atomic mass is 10.2. The lowest BCUT2D eigenvalue weighted by Crippen LogP contribution is -2.28. The lowest BCUT2D eigenvalue weighted by Gasteiger charge is -2.12. The Labute approximate surface area is 99.9 Å². The average molecular weight is 236 g/mol. The summed E-state index contributed by atoms with van der Waals surface area (Å²) < 4.78 is 5.57. The predicted octanol–water partition coefficient (Wildman–Crippen LogP) is 2.03. The van der Waals surface area contributed by atoms with Crippen LogP contribution in [-0.4, -0.2) is 24.1 Å². The molecule has 1 aromatic rings. The third-order valence-electron chi connectivity index (χ3n) is 2.99. The van der Waals surface area contributed by atoms with E-state index in [-0.39, 0.29) is 10.6 Å². The second-order valence-electron chi connectivity index (χ2n) is 4.31. The summed E-state index contributed by atoms with van der Waals surface area (Å²) in [7, 11) is 0. The number of nitro groups is 1. The molecule has 1 aliphatic rings. The molecule has 2 rings (SSSR count). The van der Waals surface area contributed by atoms with Crippen LogP contribution >= 0.6 is 0 Å². The molecule has 1 saturated heterocycles. The number of hydrogen-bond acceptors (Lipinski definition) is 4. The van der Waals surface area contributed by atoms with Gasteiger partial charge in [0, 0.05) is 11.6 Å². The number of ether oxygens (including phenoxy) is 1. The van der Waals surface area contributed by atoms with Crippen molar-refractivity contribution in [3.8, 4) is 5.75 Å². The van der Waals surface area contributed by atoms with Gasteiger partial charge in [-0.2, -0.15) is 0 Å². The average Bonchev–Trinajstić information content (AvgIpc) is 2.80. The molecule has 1 N–H and O–H groups in total. The first-order valence-electron chi connectivity index (χ1n) is 5.78. The van der Waals surface area contributed by atoms with Crippen molar-refractivity contribution in [3.63, 3.8) is 0 Å². The van der Waals surface area contributed by atoms with Crippen LogP contribution in [0.4, 0.5) is 5.69 Å². The molecule has 0 radical (unpaired) electrons. The molecular formula is C12H16N2O3. The smallest absolute Gasteiger partial charge is 0.276 e. The Morgan fingerprint density at radius 1 is 1.59 bits per heavy atom. The molecule has 1 unspecified atom stereocenters. The van der Waals surface area contributed by atoms with Gasteiger partial charge >= 0.3 is 0 Å². The van der Waals surface area contributed by atoms with Crippen molar-refractivity contribution in [1.29, 1.82) is 0 Å². The zero-order valence-corrected chi connectivity index (χ0v) is 9.81. The van der Waals surface area contributed by atoms with Crippen LogP contribution in [0.3, 0.4) is 0 Å². The Morgan fingerprint density at radius 3 is 3.06 bits per heavy atom. The van der Waals surface area contributed by atoms with Crippen molar-refractivity contribution in [2.24, 2.45) is 0 Å². The number of rotatable bonds is 4. The minimum atomic E-state index is -0.379. The molecule has 1 heterocycles. The first-order valence-corrected chi connectivity index (χ1v) is 5.78. The van der Waals surface area contributed by atoms with Crippen molar-refractivity contribution in [2.45, 2.75) is 25.8 Å². The largest absolute Gasteiger partial charge is 0.492 e. The minimum absolute atomic E-state index is 0.113. The van der Waals surface area contributed by atoms with Gasteiger partial charge in [0.2, 0.25) is 0 Å². The van der Waals surface area contributed by atoms with Gasteiger partial charge in [-0.3, -0.25) is 10.1 Å². The van der Waals surface area contributed by atoms with Gasteiger partial charge in [-0.25, -0.2) is 0 Å².